The summed E-state index contributed by atoms with van der Waals surface area (Å²) in [5, 5.41) is 10.4. The van der Waals surface area contributed by atoms with Gasteiger partial charge in [0, 0.05) is 35.8 Å². The summed E-state index contributed by atoms with van der Waals surface area (Å²) in [5.74, 6) is -0.105. The molecule has 1 atom stereocenters. The topological polar surface area (TPSA) is 98.1 Å². The molecule has 1 aromatic carbocycles. The number of benzene rings is 1. The van der Waals surface area contributed by atoms with Gasteiger partial charge in [-0.15, -0.1) is 5.10 Å². The molecule has 1 amide bonds. The molecule has 0 aliphatic carbocycles. The first-order chi connectivity index (χ1) is 14.4. The molecule has 1 saturated heterocycles. The van der Waals surface area contributed by atoms with Crippen LogP contribution in [0.3, 0.4) is 0 Å². The number of hydrogen-bond donors (Lipinski definition) is 0. The van der Waals surface area contributed by atoms with E-state index in [0.29, 0.717) is 18.7 Å². The molecule has 0 saturated carbocycles. The lowest BCUT2D eigenvalue weighted by atomic mass is 10.1. The number of fused-ring (bicyclic) bond motifs is 1. The van der Waals surface area contributed by atoms with Gasteiger partial charge in [0.1, 0.15) is 0 Å². The second-order valence-corrected chi connectivity index (χ2v) is 9.95. The zero-order valence-electron chi connectivity index (χ0n) is 17.2. The molecule has 1 aliphatic heterocycles. The maximum atomic E-state index is 13.4. The summed E-state index contributed by atoms with van der Waals surface area (Å²) in [7, 11) is -3.09. The zero-order valence-corrected chi connectivity index (χ0v) is 18.0. The highest BCUT2D eigenvalue weighted by Gasteiger charge is 2.36. The Kier molecular flexibility index (Phi) is 5.55. The minimum atomic E-state index is -3.09. The van der Waals surface area contributed by atoms with E-state index in [1.165, 1.54) is 0 Å². The summed E-state index contributed by atoms with van der Waals surface area (Å²) in [6.45, 7) is 4.38. The van der Waals surface area contributed by atoms with Crippen LogP contribution < -0.4 is 0 Å². The molecule has 3 aromatic rings. The van der Waals surface area contributed by atoms with Gasteiger partial charge in [-0.05, 0) is 31.9 Å². The van der Waals surface area contributed by atoms with Crippen molar-refractivity contribution < 1.29 is 13.2 Å². The Morgan fingerprint density at radius 2 is 2.13 bits per heavy atom. The summed E-state index contributed by atoms with van der Waals surface area (Å²) in [6, 6.07) is 7.42. The molecule has 0 spiro atoms. The number of unbranched alkanes of at least 4 members (excludes halogenated alkanes) is 1. The average Bonchev–Trinajstić information content (AvgIpc) is 3.29. The van der Waals surface area contributed by atoms with E-state index >= 15 is 0 Å². The highest BCUT2D eigenvalue weighted by Crippen LogP contribution is 2.25. The van der Waals surface area contributed by atoms with Gasteiger partial charge in [0.05, 0.1) is 22.9 Å². The van der Waals surface area contributed by atoms with Crippen LogP contribution in [0.15, 0.2) is 36.7 Å². The maximum Gasteiger partial charge on any atom is 0.276 e. The molecule has 3 heterocycles. The molecule has 2 aromatic heterocycles. The third-order valence-electron chi connectivity index (χ3n) is 5.65. The van der Waals surface area contributed by atoms with Gasteiger partial charge in [0.2, 0.25) is 0 Å². The van der Waals surface area contributed by atoms with Crippen LogP contribution in [-0.4, -0.2) is 63.3 Å². The van der Waals surface area contributed by atoms with Crippen molar-refractivity contribution in [3.05, 3.63) is 48.0 Å². The monoisotopic (exact) mass is 427 g/mol. The van der Waals surface area contributed by atoms with Gasteiger partial charge in [-0.25, -0.2) is 13.1 Å². The Morgan fingerprint density at radius 3 is 2.87 bits per heavy atom. The van der Waals surface area contributed by atoms with Gasteiger partial charge in [-0.3, -0.25) is 9.78 Å². The second-order valence-electron chi connectivity index (χ2n) is 7.72. The third kappa shape index (κ3) is 3.81. The van der Waals surface area contributed by atoms with Crippen molar-refractivity contribution in [2.45, 2.75) is 39.2 Å². The molecule has 0 N–H and O–H groups in total. The maximum absolute atomic E-state index is 13.4. The van der Waals surface area contributed by atoms with Crippen molar-refractivity contribution >= 4 is 26.5 Å². The SMILES string of the molecule is CCCCN(C(=O)c1nnn(-c2cccc3cnccc23)c1C)C1CCS(=O)(=O)C1. The fraction of sp³-hybridized carbons (Fsp3) is 0.429. The Balaban J connectivity index is 1.70. The summed E-state index contributed by atoms with van der Waals surface area (Å²) >= 11 is 0. The van der Waals surface area contributed by atoms with E-state index < -0.39 is 9.84 Å². The second kappa shape index (κ2) is 8.14. The molecule has 158 valence electrons. The number of sulfone groups is 1. The van der Waals surface area contributed by atoms with Gasteiger partial charge in [-0.2, -0.15) is 0 Å². The van der Waals surface area contributed by atoms with Crippen LogP contribution in [-0.2, 0) is 9.84 Å². The van der Waals surface area contributed by atoms with Crippen molar-refractivity contribution in [1.29, 1.82) is 0 Å². The van der Waals surface area contributed by atoms with Crippen LogP contribution in [0.4, 0.5) is 0 Å². The molecule has 1 fully saturated rings. The summed E-state index contributed by atoms with van der Waals surface area (Å²) in [6.07, 6.45) is 5.70. The minimum absolute atomic E-state index is 0.0198. The van der Waals surface area contributed by atoms with E-state index in [-0.39, 0.29) is 29.1 Å². The fourth-order valence-corrected chi connectivity index (χ4v) is 5.71. The van der Waals surface area contributed by atoms with Crippen molar-refractivity contribution in [1.82, 2.24) is 24.9 Å². The smallest absolute Gasteiger partial charge is 0.276 e. The van der Waals surface area contributed by atoms with Crippen LogP contribution in [0.1, 0.15) is 42.4 Å². The van der Waals surface area contributed by atoms with Gasteiger partial charge in [0.25, 0.3) is 5.91 Å². The van der Waals surface area contributed by atoms with E-state index in [9.17, 15) is 13.2 Å². The number of carbonyl (C=O) groups excluding carboxylic acids is 1. The summed E-state index contributed by atoms with van der Waals surface area (Å²) in [5.41, 5.74) is 1.72. The molecule has 1 unspecified atom stereocenters. The minimum Gasteiger partial charge on any atom is -0.333 e. The molecular formula is C21H25N5O3S. The van der Waals surface area contributed by atoms with Crippen molar-refractivity contribution in [3.8, 4) is 5.69 Å². The van der Waals surface area contributed by atoms with E-state index in [2.05, 4.69) is 15.3 Å². The van der Waals surface area contributed by atoms with Crippen LogP contribution in [0.2, 0.25) is 0 Å². The normalized spacial score (nSPS) is 18.0. The summed E-state index contributed by atoms with van der Waals surface area (Å²) in [4.78, 5) is 19.2. The van der Waals surface area contributed by atoms with Crippen molar-refractivity contribution in [3.63, 3.8) is 0 Å². The van der Waals surface area contributed by atoms with E-state index in [1.807, 2.05) is 38.1 Å². The van der Waals surface area contributed by atoms with E-state index in [0.717, 1.165) is 29.3 Å². The highest BCUT2D eigenvalue weighted by atomic mass is 32.2. The fourth-order valence-electron chi connectivity index (χ4n) is 3.98. The number of amides is 1. The van der Waals surface area contributed by atoms with Gasteiger partial charge in [0.15, 0.2) is 15.5 Å². The van der Waals surface area contributed by atoms with Gasteiger partial charge < -0.3 is 4.90 Å². The third-order valence-corrected chi connectivity index (χ3v) is 7.40. The number of rotatable bonds is 6. The van der Waals surface area contributed by atoms with Crippen LogP contribution in [0, 0.1) is 6.92 Å². The molecule has 0 radical (unpaired) electrons. The number of nitrogens with zero attached hydrogens (tertiary/aromatic N) is 5. The number of aromatic nitrogens is 4. The van der Waals surface area contributed by atoms with E-state index in [4.69, 9.17) is 0 Å². The predicted octanol–water partition coefficient (Wildman–Crippen LogP) is 2.55. The quantitative estimate of drug-likeness (QED) is 0.600. The Labute approximate surface area is 175 Å². The molecule has 1 aliphatic rings. The predicted molar refractivity (Wildman–Crippen MR) is 114 cm³/mol. The largest absolute Gasteiger partial charge is 0.333 e. The van der Waals surface area contributed by atoms with E-state index in [1.54, 1.807) is 22.0 Å². The molecule has 4 rings (SSSR count). The van der Waals surface area contributed by atoms with Crippen LogP contribution in [0.25, 0.3) is 16.5 Å². The molecule has 9 heteroatoms. The standard InChI is InChI=1S/C21H25N5O3S/c1-3-4-11-25(17-9-12-30(28,29)14-17)21(27)20-15(2)26(24-23-20)19-7-5-6-16-13-22-10-8-18(16)19/h5-8,10,13,17H,3-4,9,11-12,14H2,1-2H3. The summed E-state index contributed by atoms with van der Waals surface area (Å²) < 4.78 is 25.6. The number of pyridine rings is 1. The van der Waals surface area contributed by atoms with Crippen LogP contribution >= 0.6 is 0 Å². The molecule has 0 bridgehead atoms. The Bertz CT molecular complexity index is 1180. The van der Waals surface area contributed by atoms with Gasteiger partial charge in [-0.1, -0.05) is 30.7 Å². The Hall–Kier alpha value is -2.81. The highest BCUT2D eigenvalue weighted by molar-refractivity contribution is 7.91. The van der Waals surface area contributed by atoms with Crippen LogP contribution in [0.5, 0.6) is 0 Å². The first kappa shape index (κ1) is 20.5. The number of hydrogen-bond acceptors (Lipinski definition) is 6. The molecule has 30 heavy (non-hydrogen) atoms. The van der Waals surface area contributed by atoms with Crippen molar-refractivity contribution in [2.24, 2.45) is 0 Å². The lowest BCUT2D eigenvalue weighted by molar-refractivity contribution is 0.0687. The molecule has 8 nitrogen and oxygen atoms in total. The average molecular weight is 428 g/mol. The van der Waals surface area contributed by atoms with Crippen molar-refractivity contribution in [2.75, 3.05) is 18.1 Å². The zero-order chi connectivity index (χ0) is 21.3. The van der Waals surface area contributed by atoms with Gasteiger partial charge >= 0.3 is 0 Å². The Morgan fingerprint density at radius 1 is 1.30 bits per heavy atom. The lowest BCUT2D eigenvalue weighted by Crippen LogP contribution is -2.42. The molecular weight excluding hydrogens is 402 g/mol. The first-order valence-electron chi connectivity index (χ1n) is 10.2. The lowest BCUT2D eigenvalue weighted by Gasteiger charge is -2.27. The first-order valence-corrected chi connectivity index (χ1v) is 12.0. The number of carbonyl (C=O) groups is 1.